The third-order valence-electron chi connectivity index (χ3n) is 5.26. The summed E-state index contributed by atoms with van der Waals surface area (Å²) in [6, 6.07) is 11.5. The zero-order valence-corrected chi connectivity index (χ0v) is 14.8. The van der Waals surface area contributed by atoms with Crippen LogP contribution < -0.4 is 0 Å². The van der Waals surface area contributed by atoms with E-state index in [-0.39, 0.29) is 0 Å². The molecule has 0 unspecified atom stereocenters. The van der Waals surface area contributed by atoms with Gasteiger partial charge < -0.3 is 0 Å². The van der Waals surface area contributed by atoms with Crippen molar-refractivity contribution in [2.24, 2.45) is 11.8 Å². The topological polar surface area (TPSA) is 0 Å². The SMILES string of the molecule is CCCC1CCC(/C=C/c2ccc(-c3cc(F)cc(F)c3)cc2)CC1. The molecule has 0 nitrogen and oxygen atoms in total. The summed E-state index contributed by atoms with van der Waals surface area (Å²) in [6.45, 7) is 2.27. The molecule has 0 radical (unpaired) electrons. The monoisotopic (exact) mass is 340 g/mol. The van der Waals surface area contributed by atoms with Gasteiger partial charge in [0.15, 0.2) is 0 Å². The molecule has 1 aliphatic rings. The van der Waals surface area contributed by atoms with Crippen molar-refractivity contribution in [1.29, 1.82) is 0 Å². The first-order chi connectivity index (χ1) is 12.1. The van der Waals surface area contributed by atoms with Gasteiger partial charge in [0, 0.05) is 6.07 Å². The summed E-state index contributed by atoms with van der Waals surface area (Å²) >= 11 is 0. The van der Waals surface area contributed by atoms with Crippen LogP contribution in [0.5, 0.6) is 0 Å². The van der Waals surface area contributed by atoms with Crippen molar-refractivity contribution in [2.75, 3.05) is 0 Å². The van der Waals surface area contributed by atoms with Crippen molar-refractivity contribution in [2.45, 2.75) is 45.4 Å². The van der Waals surface area contributed by atoms with E-state index in [1.165, 1.54) is 50.7 Å². The van der Waals surface area contributed by atoms with Crippen LogP contribution in [0.1, 0.15) is 51.0 Å². The van der Waals surface area contributed by atoms with E-state index in [0.29, 0.717) is 11.5 Å². The van der Waals surface area contributed by atoms with E-state index >= 15 is 0 Å². The quantitative estimate of drug-likeness (QED) is 0.537. The number of benzene rings is 2. The highest BCUT2D eigenvalue weighted by Crippen LogP contribution is 2.32. The predicted octanol–water partition coefficient (Wildman–Crippen LogP) is 7.25. The first-order valence-corrected chi connectivity index (χ1v) is 9.39. The van der Waals surface area contributed by atoms with Crippen LogP contribution in [0, 0.1) is 23.5 Å². The molecule has 2 aromatic carbocycles. The minimum absolute atomic E-state index is 0.544. The molecule has 0 bridgehead atoms. The Hall–Kier alpha value is -1.96. The fraction of sp³-hybridized carbons (Fsp3) is 0.391. The van der Waals surface area contributed by atoms with Crippen LogP contribution >= 0.6 is 0 Å². The van der Waals surface area contributed by atoms with E-state index in [0.717, 1.165) is 23.1 Å². The van der Waals surface area contributed by atoms with Crippen molar-refractivity contribution in [3.8, 4) is 11.1 Å². The van der Waals surface area contributed by atoms with Crippen molar-refractivity contribution in [1.82, 2.24) is 0 Å². The molecule has 0 heterocycles. The fourth-order valence-electron chi connectivity index (χ4n) is 3.83. The van der Waals surface area contributed by atoms with Crippen molar-refractivity contribution in [3.63, 3.8) is 0 Å². The van der Waals surface area contributed by atoms with Gasteiger partial charge in [0.25, 0.3) is 0 Å². The molecule has 0 N–H and O–H groups in total. The Morgan fingerprint density at radius 1 is 0.880 bits per heavy atom. The van der Waals surface area contributed by atoms with Gasteiger partial charge in [-0.25, -0.2) is 8.78 Å². The first-order valence-electron chi connectivity index (χ1n) is 9.39. The molecule has 0 spiro atoms. The van der Waals surface area contributed by atoms with Gasteiger partial charge in [-0.3, -0.25) is 0 Å². The maximum Gasteiger partial charge on any atom is 0.126 e. The van der Waals surface area contributed by atoms with E-state index in [4.69, 9.17) is 0 Å². The van der Waals surface area contributed by atoms with E-state index in [1.807, 2.05) is 24.3 Å². The molecule has 132 valence electrons. The van der Waals surface area contributed by atoms with Crippen molar-refractivity contribution < 1.29 is 8.78 Å². The van der Waals surface area contributed by atoms with Gasteiger partial charge >= 0.3 is 0 Å². The summed E-state index contributed by atoms with van der Waals surface area (Å²) in [5.41, 5.74) is 2.54. The lowest BCUT2D eigenvalue weighted by Crippen LogP contribution is -2.12. The lowest BCUT2D eigenvalue weighted by molar-refractivity contribution is 0.295. The molecule has 1 aliphatic carbocycles. The molecule has 0 aromatic heterocycles. The summed E-state index contributed by atoms with van der Waals surface area (Å²) in [5.74, 6) is 0.529. The van der Waals surface area contributed by atoms with E-state index in [1.54, 1.807) is 0 Å². The standard InChI is InChI=1S/C23H26F2/c1-2-3-17-4-6-18(7-5-17)8-9-19-10-12-20(13-11-19)21-14-22(24)16-23(25)15-21/h8-18H,2-7H2,1H3/b9-8+. The number of halogens is 2. The Kier molecular flexibility index (Phi) is 6.01. The van der Waals surface area contributed by atoms with Gasteiger partial charge in [0.1, 0.15) is 11.6 Å². The molecular weight excluding hydrogens is 314 g/mol. The maximum absolute atomic E-state index is 13.3. The van der Waals surface area contributed by atoms with Crippen molar-refractivity contribution >= 4 is 6.08 Å². The molecular formula is C23H26F2. The van der Waals surface area contributed by atoms with Crippen LogP contribution in [-0.4, -0.2) is 0 Å². The summed E-state index contributed by atoms with van der Waals surface area (Å²) in [7, 11) is 0. The van der Waals surface area contributed by atoms with E-state index in [9.17, 15) is 8.78 Å². The fourth-order valence-corrected chi connectivity index (χ4v) is 3.83. The second-order valence-electron chi connectivity index (χ2n) is 7.21. The number of hydrogen-bond acceptors (Lipinski definition) is 0. The van der Waals surface area contributed by atoms with Crippen LogP contribution in [0.2, 0.25) is 0 Å². The molecule has 0 atom stereocenters. The molecule has 0 amide bonds. The van der Waals surface area contributed by atoms with Crippen LogP contribution in [0.25, 0.3) is 17.2 Å². The summed E-state index contributed by atoms with van der Waals surface area (Å²) < 4.78 is 26.7. The summed E-state index contributed by atoms with van der Waals surface area (Å²) in [5, 5.41) is 0. The highest BCUT2D eigenvalue weighted by molar-refractivity contribution is 5.65. The van der Waals surface area contributed by atoms with Gasteiger partial charge in [-0.1, -0.05) is 56.2 Å². The number of rotatable bonds is 5. The molecule has 3 rings (SSSR count). The summed E-state index contributed by atoms with van der Waals surface area (Å²) in [4.78, 5) is 0. The lowest BCUT2D eigenvalue weighted by Gasteiger charge is -2.26. The molecule has 0 aliphatic heterocycles. The van der Waals surface area contributed by atoms with Gasteiger partial charge in [-0.15, -0.1) is 0 Å². The van der Waals surface area contributed by atoms with E-state index < -0.39 is 11.6 Å². The average Bonchev–Trinajstić information content (AvgIpc) is 2.61. The maximum atomic E-state index is 13.3. The minimum Gasteiger partial charge on any atom is -0.207 e. The largest absolute Gasteiger partial charge is 0.207 e. The Morgan fingerprint density at radius 3 is 2.12 bits per heavy atom. The second-order valence-corrected chi connectivity index (χ2v) is 7.21. The molecule has 25 heavy (non-hydrogen) atoms. The van der Waals surface area contributed by atoms with Gasteiger partial charge in [0.2, 0.25) is 0 Å². The minimum atomic E-state index is -0.544. The van der Waals surface area contributed by atoms with Crippen LogP contribution in [0.3, 0.4) is 0 Å². The predicted molar refractivity (Wildman–Crippen MR) is 101 cm³/mol. The Bertz CT molecular complexity index is 687. The molecule has 0 saturated heterocycles. The Morgan fingerprint density at radius 2 is 1.52 bits per heavy atom. The molecule has 2 heteroatoms. The van der Waals surface area contributed by atoms with Crippen LogP contribution in [0.15, 0.2) is 48.5 Å². The normalized spacial score (nSPS) is 20.9. The molecule has 1 saturated carbocycles. The van der Waals surface area contributed by atoms with E-state index in [2.05, 4.69) is 19.1 Å². The van der Waals surface area contributed by atoms with Crippen molar-refractivity contribution in [3.05, 3.63) is 65.7 Å². The highest BCUT2D eigenvalue weighted by atomic mass is 19.1. The average molecular weight is 340 g/mol. The molecule has 1 fully saturated rings. The van der Waals surface area contributed by atoms with Gasteiger partial charge in [-0.05, 0) is 66.3 Å². The number of hydrogen-bond donors (Lipinski definition) is 0. The van der Waals surface area contributed by atoms with Gasteiger partial charge in [0.05, 0.1) is 0 Å². The molecule has 2 aromatic rings. The summed E-state index contributed by atoms with van der Waals surface area (Å²) in [6.07, 6.45) is 12.5. The van der Waals surface area contributed by atoms with Crippen LogP contribution in [0.4, 0.5) is 8.78 Å². The number of allylic oxidation sites excluding steroid dienone is 1. The van der Waals surface area contributed by atoms with Gasteiger partial charge in [-0.2, -0.15) is 0 Å². The second kappa shape index (κ2) is 8.42. The zero-order chi connectivity index (χ0) is 17.6. The first kappa shape index (κ1) is 17.8. The Balaban J connectivity index is 1.61. The van der Waals surface area contributed by atoms with Crippen LogP contribution in [-0.2, 0) is 0 Å². The smallest absolute Gasteiger partial charge is 0.126 e. The highest BCUT2D eigenvalue weighted by Gasteiger charge is 2.18. The Labute approximate surface area is 149 Å². The zero-order valence-electron chi connectivity index (χ0n) is 14.8. The lowest BCUT2D eigenvalue weighted by atomic mass is 9.80. The third-order valence-corrected chi connectivity index (χ3v) is 5.26. The third kappa shape index (κ3) is 5.01.